The van der Waals surface area contributed by atoms with Crippen LogP contribution in [0, 0.1) is 5.82 Å². The third-order valence-corrected chi connectivity index (χ3v) is 5.45. The summed E-state index contributed by atoms with van der Waals surface area (Å²) in [5.74, 6) is -0.830. The van der Waals surface area contributed by atoms with E-state index in [1.165, 1.54) is 25.1 Å². The van der Waals surface area contributed by atoms with Crippen molar-refractivity contribution in [3.63, 3.8) is 0 Å². The summed E-state index contributed by atoms with van der Waals surface area (Å²) in [6.07, 6.45) is 3.66. The van der Waals surface area contributed by atoms with Crippen LogP contribution in [0.5, 0.6) is 0 Å². The molecule has 0 aliphatic rings. The summed E-state index contributed by atoms with van der Waals surface area (Å²) in [6.45, 7) is 1.51. The van der Waals surface area contributed by atoms with Gasteiger partial charge in [-0.05, 0) is 31.2 Å². The Morgan fingerprint density at radius 3 is 2.48 bits per heavy atom. The smallest absolute Gasteiger partial charge is 0.257 e. The van der Waals surface area contributed by atoms with E-state index in [2.05, 4.69) is 20.0 Å². The van der Waals surface area contributed by atoms with E-state index in [9.17, 15) is 17.6 Å². The molecule has 11 heteroatoms. The number of benzene rings is 1. The third-order valence-electron chi connectivity index (χ3n) is 3.93. The zero-order valence-corrected chi connectivity index (χ0v) is 17.1. The number of carbonyl (C=O) groups is 1. The Labute approximate surface area is 171 Å². The average molecular weight is 438 g/mol. The molecule has 152 valence electrons. The first kappa shape index (κ1) is 20.7. The molecule has 2 N–H and O–H groups in total. The van der Waals surface area contributed by atoms with E-state index in [1.807, 2.05) is 0 Å². The van der Waals surface area contributed by atoms with Crippen LogP contribution in [0.1, 0.15) is 17.3 Å². The van der Waals surface area contributed by atoms with Crippen LogP contribution in [-0.4, -0.2) is 34.6 Å². The fourth-order valence-corrected chi connectivity index (χ4v) is 3.39. The number of aromatic nitrogens is 3. The summed E-state index contributed by atoms with van der Waals surface area (Å²) < 4.78 is 40.5. The molecule has 3 aromatic rings. The fourth-order valence-electron chi connectivity index (χ4n) is 2.53. The van der Waals surface area contributed by atoms with Crippen molar-refractivity contribution in [1.29, 1.82) is 0 Å². The van der Waals surface area contributed by atoms with Crippen molar-refractivity contribution >= 4 is 38.9 Å². The zero-order chi connectivity index (χ0) is 21.2. The Hall–Kier alpha value is -2.98. The quantitative estimate of drug-likeness (QED) is 0.615. The van der Waals surface area contributed by atoms with Crippen LogP contribution in [0.25, 0.3) is 11.5 Å². The second kappa shape index (κ2) is 8.18. The molecule has 29 heavy (non-hydrogen) atoms. The SMILES string of the molecule is CCS(=O)(=O)Nc1cc(Cl)cc(NC(=O)c2cc(-c3ncc(F)cn3)n(C)c2)c1. The summed E-state index contributed by atoms with van der Waals surface area (Å²) in [5.41, 5.74) is 1.39. The number of sulfonamides is 1. The largest absolute Gasteiger partial charge is 0.347 e. The predicted molar refractivity (Wildman–Crippen MR) is 109 cm³/mol. The van der Waals surface area contributed by atoms with Gasteiger partial charge in [0.25, 0.3) is 5.91 Å². The minimum Gasteiger partial charge on any atom is -0.347 e. The Kier molecular flexibility index (Phi) is 5.85. The van der Waals surface area contributed by atoms with E-state index in [0.717, 1.165) is 12.4 Å². The number of nitrogens with zero attached hydrogens (tertiary/aromatic N) is 3. The van der Waals surface area contributed by atoms with Gasteiger partial charge in [0, 0.05) is 24.0 Å². The lowest BCUT2D eigenvalue weighted by molar-refractivity contribution is 0.102. The predicted octanol–water partition coefficient (Wildman–Crippen LogP) is 3.29. The van der Waals surface area contributed by atoms with Crippen molar-refractivity contribution in [2.24, 2.45) is 7.05 Å². The van der Waals surface area contributed by atoms with Gasteiger partial charge in [0.15, 0.2) is 11.6 Å². The van der Waals surface area contributed by atoms with Crippen LogP contribution in [-0.2, 0) is 17.1 Å². The minimum atomic E-state index is -3.49. The number of amides is 1. The van der Waals surface area contributed by atoms with E-state index >= 15 is 0 Å². The maximum atomic E-state index is 13.0. The average Bonchev–Trinajstić information content (AvgIpc) is 3.03. The Morgan fingerprint density at radius 2 is 1.83 bits per heavy atom. The zero-order valence-electron chi connectivity index (χ0n) is 15.5. The number of anilines is 2. The fraction of sp³-hybridized carbons (Fsp3) is 0.167. The summed E-state index contributed by atoms with van der Waals surface area (Å²) in [6, 6.07) is 5.96. The highest BCUT2D eigenvalue weighted by atomic mass is 35.5. The van der Waals surface area contributed by atoms with Crippen molar-refractivity contribution in [2.45, 2.75) is 6.92 Å². The van der Waals surface area contributed by atoms with E-state index in [4.69, 9.17) is 11.6 Å². The molecule has 0 aliphatic heterocycles. The van der Waals surface area contributed by atoms with Crippen LogP contribution >= 0.6 is 11.6 Å². The number of halogens is 2. The topological polar surface area (TPSA) is 106 Å². The van der Waals surface area contributed by atoms with E-state index in [-0.39, 0.29) is 22.3 Å². The maximum Gasteiger partial charge on any atom is 0.257 e. The van der Waals surface area contributed by atoms with Gasteiger partial charge in [0.2, 0.25) is 10.0 Å². The van der Waals surface area contributed by atoms with Crippen LogP contribution < -0.4 is 10.0 Å². The first-order chi connectivity index (χ1) is 13.7. The number of hydrogen-bond acceptors (Lipinski definition) is 5. The Morgan fingerprint density at radius 1 is 1.17 bits per heavy atom. The molecule has 0 aliphatic carbocycles. The first-order valence-corrected chi connectivity index (χ1v) is 10.5. The van der Waals surface area contributed by atoms with Crippen LogP contribution in [0.3, 0.4) is 0 Å². The highest BCUT2D eigenvalue weighted by molar-refractivity contribution is 7.92. The standard InChI is InChI=1S/C18H17ClFN5O3S/c1-3-29(27,28)24-15-6-12(19)5-14(7-15)23-18(26)11-4-16(25(2)10-11)17-21-8-13(20)9-22-17/h4-10,24H,3H2,1-2H3,(H,23,26). The molecule has 1 aromatic carbocycles. The molecule has 0 saturated carbocycles. The first-order valence-electron chi connectivity index (χ1n) is 8.43. The molecule has 8 nitrogen and oxygen atoms in total. The number of nitrogens with one attached hydrogen (secondary N) is 2. The van der Waals surface area contributed by atoms with Gasteiger partial charge in [-0.1, -0.05) is 11.6 Å². The number of rotatable bonds is 6. The molecule has 2 heterocycles. The monoisotopic (exact) mass is 437 g/mol. The third kappa shape index (κ3) is 5.09. The van der Waals surface area contributed by atoms with Crippen molar-refractivity contribution in [2.75, 3.05) is 15.8 Å². The molecule has 0 saturated heterocycles. The van der Waals surface area contributed by atoms with Crippen LogP contribution in [0.2, 0.25) is 5.02 Å². The van der Waals surface area contributed by atoms with Gasteiger partial charge >= 0.3 is 0 Å². The van der Waals surface area contributed by atoms with Gasteiger partial charge < -0.3 is 9.88 Å². The van der Waals surface area contributed by atoms with E-state index in [1.54, 1.807) is 23.9 Å². The Bertz CT molecular complexity index is 1160. The maximum absolute atomic E-state index is 13.0. The molecule has 0 fully saturated rings. The molecule has 3 rings (SSSR count). The summed E-state index contributed by atoms with van der Waals surface area (Å²) in [4.78, 5) is 20.4. The highest BCUT2D eigenvalue weighted by Crippen LogP contribution is 2.25. The number of hydrogen-bond donors (Lipinski definition) is 2. The summed E-state index contributed by atoms with van der Waals surface area (Å²) in [7, 11) is -1.78. The van der Waals surface area contributed by atoms with Gasteiger partial charge in [-0.3, -0.25) is 9.52 Å². The molecule has 1 amide bonds. The lowest BCUT2D eigenvalue weighted by Gasteiger charge is -2.10. The van der Waals surface area contributed by atoms with Crippen molar-refractivity contribution < 1.29 is 17.6 Å². The van der Waals surface area contributed by atoms with Gasteiger partial charge in [-0.25, -0.2) is 22.8 Å². The molecule has 0 bridgehead atoms. The van der Waals surface area contributed by atoms with Gasteiger partial charge in [0.1, 0.15) is 0 Å². The van der Waals surface area contributed by atoms with Crippen LogP contribution in [0.15, 0.2) is 42.9 Å². The van der Waals surface area contributed by atoms with E-state index in [0.29, 0.717) is 16.9 Å². The lowest BCUT2D eigenvalue weighted by Crippen LogP contribution is -2.15. The van der Waals surface area contributed by atoms with E-state index < -0.39 is 21.7 Å². The molecule has 0 atom stereocenters. The normalized spacial score (nSPS) is 11.3. The van der Waals surface area contributed by atoms with Gasteiger partial charge in [0.05, 0.1) is 35.1 Å². The molecule has 0 radical (unpaired) electrons. The molecule has 0 unspecified atom stereocenters. The molecule has 0 spiro atoms. The highest BCUT2D eigenvalue weighted by Gasteiger charge is 2.15. The second-order valence-corrected chi connectivity index (χ2v) is 8.59. The number of aryl methyl sites for hydroxylation is 1. The lowest BCUT2D eigenvalue weighted by atomic mass is 10.2. The van der Waals surface area contributed by atoms with Gasteiger partial charge in [-0.15, -0.1) is 0 Å². The number of carbonyl (C=O) groups excluding carboxylic acids is 1. The minimum absolute atomic E-state index is 0.0978. The van der Waals surface area contributed by atoms with Gasteiger partial charge in [-0.2, -0.15) is 0 Å². The summed E-state index contributed by atoms with van der Waals surface area (Å²) in [5, 5.41) is 2.93. The summed E-state index contributed by atoms with van der Waals surface area (Å²) >= 11 is 6.04. The second-order valence-electron chi connectivity index (χ2n) is 6.14. The molecule has 2 aromatic heterocycles. The Balaban J connectivity index is 1.83. The van der Waals surface area contributed by atoms with Crippen molar-refractivity contribution in [3.8, 4) is 11.5 Å². The van der Waals surface area contributed by atoms with Crippen molar-refractivity contribution in [1.82, 2.24) is 14.5 Å². The molecular formula is C18H17ClFN5O3S. The molecular weight excluding hydrogens is 421 g/mol. The van der Waals surface area contributed by atoms with Crippen LogP contribution in [0.4, 0.5) is 15.8 Å². The van der Waals surface area contributed by atoms with Crippen molar-refractivity contribution in [3.05, 3.63) is 59.3 Å².